The van der Waals surface area contributed by atoms with Crippen LogP contribution in [-0.4, -0.2) is 5.91 Å². The van der Waals surface area contributed by atoms with Gasteiger partial charge in [-0.1, -0.05) is 49.7 Å². The average Bonchev–Trinajstić information content (AvgIpc) is 2.51. The third-order valence-electron chi connectivity index (χ3n) is 3.78. The second kappa shape index (κ2) is 7.41. The van der Waals surface area contributed by atoms with E-state index in [0.29, 0.717) is 5.92 Å². The first-order valence-corrected chi connectivity index (χ1v) is 7.72. The van der Waals surface area contributed by atoms with Gasteiger partial charge in [0.2, 0.25) is 5.91 Å². The van der Waals surface area contributed by atoms with E-state index in [1.165, 1.54) is 12.1 Å². The van der Waals surface area contributed by atoms with Gasteiger partial charge in [-0.2, -0.15) is 0 Å². The summed E-state index contributed by atoms with van der Waals surface area (Å²) >= 11 is 5.96. The molecule has 0 saturated heterocycles. The van der Waals surface area contributed by atoms with Crippen molar-refractivity contribution in [3.05, 3.63) is 64.4 Å². The number of carbonyl (C=O) groups excluding carboxylic acids is 1. The Morgan fingerprint density at radius 2 is 1.95 bits per heavy atom. The maximum atomic E-state index is 13.7. The topological polar surface area (TPSA) is 29.1 Å². The Kier molecular flexibility index (Phi) is 5.56. The molecule has 1 atom stereocenters. The van der Waals surface area contributed by atoms with Crippen molar-refractivity contribution < 1.29 is 9.18 Å². The zero-order valence-corrected chi connectivity index (χ0v) is 13.5. The van der Waals surface area contributed by atoms with Crippen LogP contribution in [-0.2, 0) is 11.2 Å². The molecule has 0 saturated carbocycles. The van der Waals surface area contributed by atoms with Crippen molar-refractivity contribution in [2.75, 3.05) is 5.32 Å². The fourth-order valence-corrected chi connectivity index (χ4v) is 2.55. The summed E-state index contributed by atoms with van der Waals surface area (Å²) in [5.41, 5.74) is 2.08. The van der Waals surface area contributed by atoms with E-state index in [9.17, 15) is 9.18 Å². The fraction of sp³-hybridized carbons (Fsp3) is 0.278. The third kappa shape index (κ3) is 3.86. The largest absolute Gasteiger partial charge is 0.326 e. The highest BCUT2D eigenvalue weighted by molar-refractivity contribution is 6.31. The first-order chi connectivity index (χ1) is 10.5. The van der Waals surface area contributed by atoms with Crippen molar-refractivity contribution >= 4 is 23.2 Å². The third-order valence-corrected chi connectivity index (χ3v) is 4.13. The standard InChI is InChI=1S/C18H19ClFNO/c1-3-12(2)13-7-4-5-10-17(13)21-18(22)11-14-15(19)8-6-9-16(14)20/h4-10,12H,3,11H2,1-2H3,(H,21,22)/t12-/m1/s1. The molecule has 1 N–H and O–H groups in total. The monoisotopic (exact) mass is 319 g/mol. The van der Waals surface area contributed by atoms with Crippen LogP contribution in [0.2, 0.25) is 5.02 Å². The van der Waals surface area contributed by atoms with Crippen LogP contribution in [0, 0.1) is 5.82 Å². The Morgan fingerprint density at radius 3 is 2.64 bits per heavy atom. The van der Waals surface area contributed by atoms with E-state index in [1.54, 1.807) is 6.07 Å². The van der Waals surface area contributed by atoms with Gasteiger partial charge in [-0.05, 0) is 36.1 Å². The number of carbonyl (C=O) groups is 1. The summed E-state index contributed by atoms with van der Waals surface area (Å²) in [6, 6.07) is 12.1. The van der Waals surface area contributed by atoms with Gasteiger partial charge in [0.15, 0.2) is 0 Å². The Labute approximate surface area is 135 Å². The molecular formula is C18H19ClFNO. The van der Waals surface area contributed by atoms with E-state index in [0.717, 1.165) is 17.7 Å². The van der Waals surface area contributed by atoms with Crippen molar-refractivity contribution in [1.29, 1.82) is 0 Å². The van der Waals surface area contributed by atoms with Gasteiger partial charge in [0.25, 0.3) is 0 Å². The number of para-hydroxylation sites is 1. The van der Waals surface area contributed by atoms with Crippen molar-refractivity contribution in [3.63, 3.8) is 0 Å². The maximum Gasteiger partial charge on any atom is 0.228 e. The molecule has 116 valence electrons. The van der Waals surface area contributed by atoms with Crippen LogP contribution in [0.1, 0.15) is 37.3 Å². The van der Waals surface area contributed by atoms with Crippen molar-refractivity contribution in [2.24, 2.45) is 0 Å². The smallest absolute Gasteiger partial charge is 0.228 e. The predicted molar refractivity (Wildman–Crippen MR) is 88.9 cm³/mol. The van der Waals surface area contributed by atoms with Gasteiger partial charge >= 0.3 is 0 Å². The molecule has 0 fully saturated rings. The quantitative estimate of drug-likeness (QED) is 0.809. The molecule has 2 aromatic carbocycles. The minimum atomic E-state index is -0.460. The van der Waals surface area contributed by atoms with Gasteiger partial charge in [-0.25, -0.2) is 4.39 Å². The number of benzene rings is 2. The summed E-state index contributed by atoms with van der Waals surface area (Å²) < 4.78 is 13.7. The van der Waals surface area contributed by atoms with Crippen LogP contribution in [0.3, 0.4) is 0 Å². The van der Waals surface area contributed by atoms with Crippen LogP contribution in [0.25, 0.3) is 0 Å². The number of nitrogens with one attached hydrogen (secondary N) is 1. The molecule has 0 spiro atoms. The number of hydrogen-bond donors (Lipinski definition) is 1. The van der Waals surface area contributed by atoms with Crippen molar-refractivity contribution in [2.45, 2.75) is 32.6 Å². The predicted octanol–water partition coefficient (Wildman–Crippen LogP) is 5.17. The minimum absolute atomic E-state index is 0.0830. The average molecular weight is 320 g/mol. The molecule has 2 rings (SSSR count). The highest BCUT2D eigenvalue weighted by atomic mass is 35.5. The van der Waals surface area contributed by atoms with Gasteiger partial charge in [0.05, 0.1) is 6.42 Å². The van der Waals surface area contributed by atoms with Gasteiger partial charge in [0, 0.05) is 16.3 Å². The van der Waals surface area contributed by atoms with Gasteiger partial charge in [0.1, 0.15) is 5.82 Å². The lowest BCUT2D eigenvalue weighted by atomic mass is 9.97. The molecule has 0 heterocycles. The number of hydrogen-bond acceptors (Lipinski definition) is 1. The van der Waals surface area contributed by atoms with E-state index in [4.69, 9.17) is 11.6 Å². The summed E-state index contributed by atoms with van der Waals surface area (Å²) in [6.45, 7) is 4.21. The van der Waals surface area contributed by atoms with Crippen LogP contribution in [0.5, 0.6) is 0 Å². The van der Waals surface area contributed by atoms with E-state index in [-0.39, 0.29) is 22.9 Å². The van der Waals surface area contributed by atoms with Crippen molar-refractivity contribution in [3.8, 4) is 0 Å². The second-order valence-electron chi connectivity index (χ2n) is 5.32. The van der Waals surface area contributed by atoms with E-state index < -0.39 is 5.82 Å². The highest BCUT2D eigenvalue weighted by Crippen LogP contribution is 2.27. The van der Waals surface area contributed by atoms with Crippen LogP contribution in [0.4, 0.5) is 10.1 Å². The van der Waals surface area contributed by atoms with Crippen LogP contribution in [0.15, 0.2) is 42.5 Å². The summed E-state index contributed by atoms with van der Waals surface area (Å²) in [4.78, 5) is 12.2. The summed E-state index contributed by atoms with van der Waals surface area (Å²) in [6.07, 6.45) is 0.895. The SMILES string of the molecule is CC[C@@H](C)c1ccccc1NC(=O)Cc1c(F)cccc1Cl. The van der Waals surface area contributed by atoms with E-state index in [1.807, 2.05) is 24.3 Å². The summed E-state index contributed by atoms with van der Waals surface area (Å²) in [5, 5.41) is 3.13. The molecule has 2 nitrogen and oxygen atoms in total. The number of rotatable bonds is 5. The van der Waals surface area contributed by atoms with Crippen LogP contribution < -0.4 is 5.32 Å². The zero-order chi connectivity index (χ0) is 16.1. The Morgan fingerprint density at radius 1 is 1.23 bits per heavy atom. The van der Waals surface area contributed by atoms with E-state index >= 15 is 0 Å². The van der Waals surface area contributed by atoms with Crippen molar-refractivity contribution in [1.82, 2.24) is 0 Å². The summed E-state index contributed by atoms with van der Waals surface area (Å²) in [7, 11) is 0. The fourth-order valence-electron chi connectivity index (χ4n) is 2.32. The number of halogens is 2. The normalized spacial score (nSPS) is 12.0. The second-order valence-corrected chi connectivity index (χ2v) is 5.73. The lowest BCUT2D eigenvalue weighted by Crippen LogP contribution is -2.17. The molecule has 4 heteroatoms. The lowest BCUT2D eigenvalue weighted by Gasteiger charge is -2.16. The molecule has 1 amide bonds. The van der Waals surface area contributed by atoms with Gasteiger partial charge in [-0.3, -0.25) is 4.79 Å². The molecule has 0 bridgehead atoms. The lowest BCUT2D eigenvalue weighted by molar-refractivity contribution is -0.115. The molecule has 0 aliphatic carbocycles. The Balaban J connectivity index is 2.16. The summed E-state index contributed by atoms with van der Waals surface area (Å²) in [5.74, 6) is -0.394. The van der Waals surface area contributed by atoms with Gasteiger partial charge in [-0.15, -0.1) is 0 Å². The Hall–Kier alpha value is -1.87. The first kappa shape index (κ1) is 16.5. The molecule has 22 heavy (non-hydrogen) atoms. The molecule has 0 aromatic heterocycles. The molecule has 0 aliphatic heterocycles. The van der Waals surface area contributed by atoms with E-state index in [2.05, 4.69) is 19.2 Å². The number of anilines is 1. The number of amides is 1. The molecule has 0 radical (unpaired) electrons. The molecule has 2 aromatic rings. The zero-order valence-electron chi connectivity index (χ0n) is 12.7. The Bertz CT molecular complexity index is 652. The minimum Gasteiger partial charge on any atom is -0.326 e. The van der Waals surface area contributed by atoms with Crippen LogP contribution >= 0.6 is 11.6 Å². The molecule has 0 unspecified atom stereocenters. The first-order valence-electron chi connectivity index (χ1n) is 7.34. The van der Waals surface area contributed by atoms with Gasteiger partial charge < -0.3 is 5.32 Å². The maximum absolute atomic E-state index is 13.7. The highest BCUT2D eigenvalue weighted by Gasteiger charge is 2.14. The molecular weight excluding hydrogens is 301 g/mol. The molecule has 0 aliphatic rings.